The van der Waals surface area contributed by atoms with Crippen LogP contribution in [0.25, 0.3) is 0 Å². The van der Waals surface area contributed by atoms with E-state index in [2.05, 4.69) is 0 Å². The first-order chi connectivity index (χ1) is 15.9. The van der Waals surface area contributed by atoms with E-state index in [9.17, 15) is 109 Å². The van der Waals surface area contributed by atoms with Gasteiger partial charge in [-0.25, -0.2) is 4.39 Å². The molecule has 0 spiro atoms. The zero-order valence-electron chi connectivity index (χ0n) is 15.9. The highest BCUT2D eigenvalue weighted by molar-refractivity contribution is 7.87. The Morgan fingerprint density at radius 3 is 0.974 bits per heavy atom. The van der Waals surface area contributed by atoms with Gasteiger partial charge in [-0.3, -0.25) is 0 Å². The molecule has 0 amide bonds. The quantitative estimate of drug-likeness (QED) is 0.149. The van der Waals surface area contributed by atoms with Crippen LogP contribution < -0.4 is 0 Å². The first-order valence-electron chi connectivity index (χ1n) is 7.61. The predicted molar refractivity (Wildman–Crippen MR) is 66.6 cm³/mol. The lowest BCUT2D eigenvalue weighted by Crippen LogP contribution is -2.75. The van der Waals surface area contributed by atoms with E-state index in [4.69, 9.17) is 0 Å². The van der Waals surface area contributed by atoms with Crippen molar-refractivity contribution in [1.29, 1.82) is 0 Å². The van der Waals surface area contributed by atoms with E-state index in [0.717, 1.165) is 0 Å². The number of rotatable bonds is 10. The minimum absolute atomic E-state index is 1.44. The first kappa shape index (κ1) is 36.3. The summed E-state index contributed by atoms with van der Waals surface area (Å²) in [6, 6.07) is 0. The molecule has 0 aliphatic rings. The maximum Gasteiger partial charge on any atom is 0.523 e. The lowest BCUT2D eigenvalue weighted by molar-refractivity contribution is -0.466. The molecule has 0 N–H and O–H groups in total. The smallest absolute Gasteiger partial charge is 0.231 e. The van der Waals surface area contributed by atoms with Gasteiger partial charge in [0.05, 0.1) is 0 Å². The highest BCUT2D eigenvalue weighted by atomic mass is 32.2. The molecule has 0 fully saturated rings. The lowest BCUT2D eigenvalue weighted by atomic mass is 9.88. The predicted octanol–water partition coefficient (Wildman–Crippen LogP) is 6.79. The summed E-state index contributed by atoms with van der Waals surface area (Å²) in [5.41, 5.74) is -7.16. The fourth-order valence-corrected chi connectivity index (χ4v) is 2.25. The molecule has 1 unspecified atom stereocenters. The molecule has 0 radical (unpaired) electrons. The summed E-state index contributed by atoms with van der Waals surface area (Å²) in [6.45, 7) is 0. The Hall–Kier alpha value is -1.70. The van der Waals surface area contributed by atoms with Crippen LogP contribution in [-0.4, -0.2) is 73.8 Å². The zero-order chi connectivity index (χ0) is 31.8. The Morgan fingerprint density at radius 1 is 0.447 bits per heavy atom. The third-order valence-electron chi connectivity index (χ3n) is 3.86. The normalized spacial score (nSPS) is 17.6. The van der Waals surface area contributed by atoms with Crippen molar-refractivity contribution in [3.8, 4) is 0 Å². The van der Waals surface area contributed by atoms with Gasteiger partial charge in [0, 0.05) is 0 Å². The molecular weight excluding hydrogens is 649 g/mol. The molecule has 0 saturated carbocycles. The van der Waals surface area contributed by atoms with Gasteiger partial charge in [0.2, 0.25) is 0 Å². The summed E-state index contributed by atoms with van der Waals surface area (Å²) in [5.74, 6) is -63.0. The van der Waals surface area contributed by atoms with Crippen LogP contribution in [0.15, 0.2) is 0 Å². The van der Waals surface area contributed by atoms with E-state index < -0.39 is 75.5 Å². The topological polar surface area (TPSA) is 43.4 Å². The van der Waals surface area contributed by atoms with Crippen LogP contribution in [0, 0.1) is 0 Å². The van der Waals surface area contributed by atoms with Gasteiger partial charge >= 0.3 is 69.4 Å². The van der Waals surface area contributed by atoms with Crippen molar-refractivity contribution < 1.29 is 114 Å². The van der Waals surface area contributed by atoms with Crippen LogP contribution in [0.2, 0.25) is 0 Å². The molecule has 1 atom stereocenters. The number of alkyl halides is 23. The van der Waals surface area contributed by atoms with Gasteiger partial charge in [-0.15, -0.1) is 0 Å². The first-order valence-corrected chi connectivity index (χ1v) is 9.02. The number of halogens is 23. The molecule has 0 aromatic heterocycles. The Morgan fingerprint density at radius 2 is 0.711 bits per heavy atom. The van der Waals surface area contributed by atoms with E-state index in [-0.39, 0.29) is 0 Å². The van der Waals surface area contributed by atoms with E-state index >= 15 is 0 Å². The summed E-state index contributed by atoms with van der Waals surface area (Å²) in [6.07, 6.45) is -22.8. The average Bonchev–Trinajstić information content (AvgIpc) is 2.63. The van der Waals surface area contributed by atoms with Crippen LogP contribution >= 0.6 is 0 Å². The molecular formula is C11HF23O3S. The third-order valence-corrected chi connectivity index (χ3v) is 4.87. The van der Waals surface area contributed by atoms with Crippen molar-refractivity contribution in [2.75, 3.05) is 0 Å². The highest BCUT2D eigenvalue weighted by Gasteiger charge is 2.96. The Kier molecular flexibility index (Phi) is 8.50. The summed E-state index contributed by atoms with van der Waals surface area (Å²) < 4.78 is 317. The number of hydrogen-bond donors (Lipinski definition) is 0. The molecule has 0 aromatic carbocycles. The zero-order valence-corrected chi connectivity index (χ0v) is 16.7. The van der Waals surface area contributed by atoms with E-state index in [1.54, 1.807) is 0 Å². The SMILES string of the molecule is O=S(=O)(OC(F)(F)C(F)C(F)(F)C(F)(F)C(F)(F)C(F)(F)C(F)(F)C(F)(F)C(F)(F)C(F)(F)F)C(F)(F)F. The van der Waals surface area contributed by atoms with Crippen LogP contribution in [0.4, 0.5) is 101 Å². The number of hydrogen-bond acceptors (Lipinski definition) is 3. The minimum Gasteiger partial charge on any atom is -0.231 e. The van der Waals surface area contributed by atoms with Crippen molar-refractivity contribution in [2.24, 2.45) is 0 Å². The Labute approximate surface area is 190 Å². The van der Waals surface area contributed by atoms with Crippen molar-refractivity contribution in [2.45, 2.75) is 65.4 Å². The van der Waals surface area contributed by atoms with E-state index in [1.165, 1.54) is 4.18 Å². The summed E-state index contributed by atoms with van der Waals surface area (Å²) >= 11 is 0. The Balaban J connectivity index is 6.94. The molecule has 0 aromatic rings. The summed E-state index contributed by atoms with van der Waals surface area (Å²) in [4.78, 5) is 0. The standard InChI is InChI=1S/C11HF23O3S/c12-1(3(15,16)37-38(35,36)11(32,33)34)2(13,14)4(17,18)5(19,20)6(21,22)7(23,24)8(25,26)9(27,28)10(29,30)31/h1H. The van der Waals surface area contributed by atoms with Gasteiger partial charge in [0.15, 0.2) is 0 Å². The second-order valence-electron chi connectivity index (χ2n) is 6.47. The van der Waals surface area contributed by atoms with Crippen molar-refractivity contribution in [1.82, 2.24) is 0 Å². The maximum atomic E-state index is 13.4. The molecule has 0 aliphatic carbocycles. The average molecular weight is 650 g/mol. The Bertz CT molecular complexity index is 972. The van der Waals surface area contributed by atoms with Crippen molar-refractivity contribution >= 4 is 10.1 Å². The van der Waals surface area contributed by atoms with Crippen molar-refractivity contribution in [3.63, 3.8) is 0 Å². The van der Waals surface area contributed by atoms with E-state index in [1.807, 2.05) is 0 Å². The molecule has 0 bridgehead atoms. The minimum atomic E-state index is -9.31. The molecule has 0 aliphatic heterocycles. The van der Waals surface area contributed by atoms with Crippen LogP contribution in [-0.2, 0) is 14.3 Å². The molecule has 27 heteroatoms. The summed E-state index contributed by atoms with van der Waals surface area (Å²) in [7, 11) is -8.06. The van der Waals surface area contributed by atoms with E-state index in [0.29, 0.717) is 0 Å². The third kappa shape index (κ3) is 4.88. The van der Waals surface area contributed by atoms with Gasteiger partial charge in [-0.2, -0.15) is 109 Å². The molecule has 0 heterocycles. The second-order valence-corrected chi connectivity index (χ2v) is 8.01. The maximum absolute atomic E-state index is 13.4. The largest absolute Gasteiger partial charge is 0.523 e. The monoisotopic (exact) mass is 650 g/mol. The van der Waals surface area contributed by atoms with Gasteiger partial charge in [0.25, 0.3) is 6.17 Å². The van der Waals surface area contributed by atoms with Gasteiger partial charge in [-0.05, 0) is 0 Å². The van der Waals surface area contributed by atoms with Gasteiger partial charge in [-0.1, -0.05) is 0 Å². The molecule has 38 heavy (non-hydrogen) atoms. The van der Waals surface area contributed by atoms with Crippen LogP contribution in [0.5, 0.6) is 0 Å². The fraction of sp³-hybridized carbons (Fsp3) is 1.00. The van der Waals surface area contributed by atoms with Crippen molar-refractivity contribution in [3.05, 3.63) is 0 Å². The molecule has 3 nitrogen and oxygen atoms in total. The van der Waals surface area contributed by atoms with Crippen LogP contribution in [0.3, 0.4) is 0 Å². The molecule has 0 rings (SSSR count). The fourth-order valence-electron chi connectivity index (χ4n) is 1.78. The second kappa shape index (κ2) is 8.90. The summed E-state index contributed by atoms with van der Waals surface area (Å²) in [5, 5.41) is 0. The van der Waals surface area contributed by atoms with Gasteiger partial charge < -0.3 is 0 Å². The van der Waals surface area contributed by atoms with Crippen LogP contribution in [0.1, 0.15) is 0 Å². The molecule has 0 saturated heterocycles. The highest BCUT2D eigenvalue weighted by Crippen LogP contribution is 2.64. The lowest BCUT2D eigenvalue weighted by Gasteiger charge is -2.43. The molecule has 230 valence electrons. The van der Waals surface area contributed by atoms with Gasteiger partial charge in [0.1, 0.15) is 0 Å².